The van der Waals surface area contributed by atoms with E-state index in [-0.39, 0.29) is 18.3 Å². The molecule has 1 saturated carbocycles. The summed E-state index contributed by atoms with van der Waals surface area (Å²) in [6.45, 7) is 0. The van der Waals surface area contributed by atoms with Crippen molar-refractivity contribution in [3.8, 4) is 0 Å². The standard InChI is InChI=1S/C14H17NO7/c16-9(17)4-3-8(13(19)20)15-12(18)10-6-1-2-7(5-6)11(10)14(21)22/h1-2,6-8,10-11H,3-5H2,(H,15,18)(H,16,17)(H,19,20)(H,21,22)/t6-,7-,8-,10+,11-/m0/s1. The lowest BCUT2D eigenvalue weighted by Gasteiger charge is -2.25. The summed E-state index contributed by atoms with van der Waals surface area (Å²) < 4.78 is 0. The van der Waals surface area contributed by atoms with Crippen LogP contribution in [0.3, 0.4) is 0 Å². The second-order valence-corrected chi connectivity index (χ2v) is 5.67. The molecule has 1 amide bonds. The number of nitrogens with one attached hydrogen (secondary N) is 1. The minimum Gasteiger partial charge on any atom is -0.481 e. The molecule has 2 bridgehead atoms. The van der Waals surface area contributed by atoms with Crippen molar-refractivity contribution in [3.05, 3.63) is 12.2 Å². The first-order valence-electron chi connectivity index (χ1n) is 6.97. The third-order valence-electron chi connectivity index (χ3n) is 4.31. The lowest BCUT2D eigenvalue weighted by atomic mass is 9.82. The van der Waals surface area contributed by atoms with Crippen LogP contribution < -0.4 is 5.32 Å². The van der Waals surface area contributed by atoms with Crippen molar-refractivity contribution >= 4 is 23.8 Å². The molecule has 120 valence electrons. The molecular formula is C14H17NO7. The molecule has 0 aromatic rings. The van der Waals surface area contributed by atoms with Crippen molar-refractivity contribution in [2.75, 3.05) is 0 Å². The largest absolute Gasteiger partial charge is 0.481 e. The fourth-order valence-corrected chi connectivity index (χ4v) is 3.31. The summed E-state index contributed by atoms with van der Waals surface area (Å²) in [5.74, 6) is -6.29. The van der Waals surface area contributed by atoms with E-state index in [1.54, 1.807) is 12.2 Å². The van der Waals surface area contributed by atoms with E-state index in [9.17, 15) is 24.3 Å². The monoisotopic (exact) mass is 311 g/mol. The van der Waals surface area contributed by atoms with Crippen LogP contribution in [0, 0.1) is 23.7 Å². The predicted molar refractivity (Wildman–Crippen MR) is 71.8 cm³/mol. The number of hydrogen-bond acceptors (Lipinski definition) is 4. The minimum absolute atomic E-state index is 0.208. The second kappa shape index (κ2) is 6.17. The van der Waals surface area contributed by atoms with E-state index in [1.165, 1.54) is 0 Å². The summed E-state index contributed by atoms with van der Waals surface area (Å²) in [4.78, 5) is 45.2. The smallest absolute Gasteiger partial charge is 0.326 e. The topological polar surface area (TPSA) is 141 Å². The first-order valence-corrected chi connectivity index (χ1v) is 6.97. The van der Waals surface area contributed by atoms with Crippen LogP contribution in [0.5, 0.6) is 0 Å². The van der Waals surface area contributed by atoms with Crippen molar-refractivity contribution in [3.63, 3.8) is 0 Å². The molecule has 2 aliphatic rings. The number of hydrogen-bond donors (Lipinski definition) is 4. The number of fused-ring (bicyclic) bond motifs is 2. The van der Waals surface area contributed by atoms with Gasteiger partial charge in [0.15, 0.2) is 0 Å². The van der Waals surface area contributed by atoms with Gasteiger partial charge in [0.2, 0.25) is 5.91 Å². The molecule has 0 spiro atoms. The molecule has 4 N–H and O–H groups in total. The maximum atomic E-state index is 12.3. The van der Waals surface area contributed by atoms with Crippen LogP contribution in [0.2, 0.25) is 0 Å². The number of rotatable bonds is 7. The molecule has 0 aromatic carbocycles. The fourth-order valence-electron chi connectivity index (χ4n) is 3.31. The number of carboxylic acid groups (broad SMARTS) is 3. The predicted octanol–water partition coefficient (Wildman–Crippen LogP) is -0.0565. The van der Waals surface area contributed by atoms with Crippen LogP contribution >= 0.6 is 0 Å². The van der Waals surface area contributed by atoms with Gasteiger partial charge in [-0.1, -0.05) is 12.2 Å². The molecule has 2 aliphatic carbocycles. The van der Waals surface area contributed by atoms with E-state index in [1.807, 2.05) is 0 Å². The summed E-state index contributed by atoms with van der Waals surface area (Å²) >= 11 is 0. The van der Waals surface area contributed by atoms with E-state index in [4.69, 9.17) is 10.2 Å². The molecule has 0 unspecified atom stereocenters. The summed E-state index contributed by atoms with van der Waals surface area (Å²) in [5.41, 5.74) is 0. The van der Waals surface area contributed by atoms with Gasteiger partial charge in [-0.2, -0.15) is 0 Å². The molecule has 0 heterocycles. The van der Waals surface area contributed by atoms with Crippen LogP contribution in [0.15, 0.2) is 12.2 Å². The number of allylic oxidation sites excluding steroid dienone is 2. The average molecular weight is 311 g/mol. The van der Waals surface area contributed by atoms with Crippen molar-refractivity contribution in [2.45, 2.75) is 25.3 Å². The highest BCUT2D eigenvalue weighted by Crippen LogP contribution is 2.48. The van der Waals surface area contributed by atoms with Crippen LogP contribution in [0.25, 0.3) is 0 Å². The van der Waals surface area contributed by atoms with E-state index in [0.29, 0.717) is 6.42 Å². The van der Waals surface area contributed by atoms with Crippen molar-refractivity contribution in [1.29, 1.82) is 0 Å². The zero-order chi connectivity index (χ0) is 16.4. The van der Waals surface area contributed by atoms with E-state index in [0.717, 1.165) is 0 Å². The second-order valence-electron chi connectivity index (χ2n) is 5.67. The molecule has 0 radical (unpaired) electrons. The SMILES string of the molecule is O=C(O)CC[C@H](NC(=O)[C@H]1[C@@H](C(=O)O)[C@H]2C=C[C@H]1C2)C(=O)O. The zero-order valence-corrected chi connectivity index (χ0v) is 11.6. The van der Waals surface area contributed by atoms with Crippen LogP contribution in [0.4, 0.5) is 0 Å². The van der Waals surface area contributed by atoms with Gasteiger partial charge in [-0.3, -0.25) is 14.4 Å². The summed E-state index contributed by atoms with van der Waals surface area (Å²) in [5, 5.41) is 29.2. The first kappa shape index (κ1) is 16.0. The highest BCUT2D eigenvalue weighted by Gasteiger charge is 2.52. The van der Waals surface area contributed by atoms with Crippen LogP contribution in [-0.2, 0) is 19.2 Å². The summed E-state index contributed by atoms with van der Waals surface area (Å²) in [6, 6.07) is -1.33. The zero-order valence-electron chi connectivity index (χ0n) is 11.6. The molecular weight excluding hydrogens is 294 g/mol. The van der Waals surface area contributed by atoms with Gasteiger partial charge in [0.05, 0.1) is 11.8 Å². The Hall–Kier alpha value is -2.38. The van der Waals surface area contributed by atoms with Gasteiger partial charge in [0.1, 0.15) is 6.04 Å². The number of aliphatic carboxylic acids is 3. The van der Waals surface area contributed by atoms with Gasteiger partial charge in [-0.05, 0) is 24.7 Å². The molecule has 5 atom stereocenters. The molecule has 1 fully saturated rings. The highest BCUT2D eigenvalue weighted by molar-refractivity contribution is 5.90. The maximum Gasteiger partial charge on any atom is 0.326 e. The Morgan fingerprint density at radius 1 is 1.05 bits per heavy atom. The molecule has 22 heavy (non-hydrogen) atoms. The van der Waals surface area contributed by atoms with Gasteiger partial charge >= 0.3 is 17.9 Å². The Morgan fingerprint density at radius 2 is 1.64 bits per heavy atom. The Kier molecular flexibility index (Phi) is 4.48. The lowest BCUT2D eigenvalue weighted by Crippen LogP contribution is -2.47. The van der Waals surface area contributed by atoms with Crippen molar-refractivity contribution < 1.29 is 34.5 Å². The molecule has 0 aromatic heterocycles. The third kappa shape index (κ3) is 3.10. The Morgan fingerprint density at radius 3 is 2.14 bits per heavy atom. The van der Waals surface area contributed by atoms with Crippen molar-refractivity contribution in [2.24, 2.45) is 23.7 Å². The Bertz CT molecular complexity index is 541. The molecule has 2 rings (SSSR count). The van der Waals surface area contributed by atoms with Crippen LogP contribution in [0.1, 0.15) is 19.3 Å². The number of carbonyl (C=O) groups excluding carboxylic acids is 1. The van der Waals surface area contributed by atoms with E-state index >= 15 is 0 Å². The van der Waals surface area contributed by atoms with Crippen molar-refractivity contribution in [1.82, 2.24) is 5.32 Å². The number of amides is 1. The first-order chi connectivity index (χ1) is 10.3. The maximum absolute atomic E-state index is 12.3. The normalized spacial score (nSPS) is 30.0. The molecule has 8 heteroatoms. The van der Waals surface area contributed by atoms with Gasteiger partial charge in [-0.15, -0.1) is 0 Å². The quantitative estimate of drug-likeness (QED) is 0.483. The van der Waals surface area contributed by atoms with Gasteiger partial charge < -0.3 is 20.6 Å². The molecule has 0 aliphatic heterocycles. The summed E-state index contributed by atoms with van der Waals surface area (Å²) in [7, 11) is 0. The molecule has 8 nitrogen and oxygen atoms in total. The third-order valence-corrected chi connectivity index (χ3v) is 4.31. The van der Waals surface area contributed by atoms with E-state index < -0.39 is 48.1 Å². The number of carbonyl (C=O) groups is 4. The Labute approximate surface area is 125 Å². The minimum atomic E-state index is -1.33. The highest BCUT2D eigenvalue weighted by atomic mass is 16.4. The van der Waals surface area contributed by atoms with E-state index in [2.05, 4.69) is 5.32 Å². The lowest BCUT2D eigenvalue weighted by molar-refractivity contribution is -0.149. The molecule has 0 saturated heterocycles. The van der Waals surface area contributed by atoms with Crippen LogP contribution in [-0.4, -0.2) is 45.2 Å². The van der Waals surface area contributed by atoms with Gasteiger partial charge in [0, 0.05) is 6.42 Å². The number of carboxylic acids is 3. The fraction of sp³-hybridized carbons (Fsp3) is 0.571. The Balaban J connectivity index is 2.06. The average Bonchev–Trinajstić information content (AvgIpc) is 3.02. The van der Waals surface area contributed by atoms with Gasteiger partial charge in [-0.25, -0.2) is 4.79 Å². The summed E-state index contributed by atoms with van der Waals surface area (Å²) in [6.07, 6.45) is 3.51. The van der Waals surface area contributed by atoms with Gasteiger partial charge in [0.25, 0.3) is 0 Å².